The van der Waals surface area contributed by atoms with E-state index >= 15 is 0 Å². The van der Waals surface area contributed by atoms with E-state index in [4.69, 9.17) is 0 Å². The maximum atomic E-state index is 13.4. The average molecular weight is 447 g/mol. The van der Waals surface area contributed by atoms with Crippen LogP contribution in [0.3, 0.4) is 0 Å². The Morgan fingerprint density at radius 3 is 2.45 bits per heavy atom. The third kappa shape index (κ3) is 4.01. The van der Waals surface area contributed by atoms with Crippen LogP contribution < -0.4 is 9.64 Å². The summed E-state index contributed by atoms with van der Waals surface area (Å²) in [6, 6.07) is 14.5. The first kappa shape index (κ1) is 21.3. The molecule has 1 aliphatic rings. The number of pyridine rings is 1. The molecule has 0 aliphatic carbocycles. The molecule has 9 heteroatoms. The second-order valence-corrected chi connectivity index (χ2v) is 8.28. The molecule has 1 fully saturated rings. The lowest BCUT2D eigenvalue weighted by atomic mass is 10.0. The summed E-state index contributed by atoms with van der Waals surface area (Å²) in [6.45, 7) is 4.16. The number of hydrogen-bond donors (Lipinski definition) is 1. The van der Waals surface area contributed by atoms with Crippen LogP contribution >= 0.6 is 12.6 Å². The van der Waals surface area contributed by atoms with Gasteiger partial charge in [0.15, 0.2) is 0 Å². The fourth-order valence-corrected chi connectivity index (χ4v) is 4.10. The molecule has 0 bridgehead atoms. The molecule has 0 saturated carbocycles. The normalized spacial score (nSPS) is 18.6. The highest BCUT2D eigenvalue weighted by molar-refractivity contribution is 7.81. The number of carbonyl (C=O) groups excluding carboxylic acids is 1. The van der Waals surface area contributed by atoms with Crippen molar-refractivity contribution in [2.75, 3.05) is 4.90 Å². The number of ether oxygens (including phenoxy) is 1. The predicted molar refractivity (Wildman–Crippen MR) is 115 cm³/mol. The molecule has 0 spiro atoms. The van der Waals surface area contributed by atoms with E-state index in [1.54, 1.807) is 11.1 Å². The van der Waals surface area contributed by atoms with E-state index in [0.717, 1.165) is 16.5 Å². The van der Waals surface area contributed by atoms with Gasteiger partial charge in [0.05, 0.1) is 11.1 Å². The first-order valence-electron chi connectivity index (χ1n) is 9.55. The molecule has 1 aliphatic heterocycles. The summed E-state index contributed by atoms with van der Waals surface area (Å²) in [5.41, 5.74) is 1.58. The molecule has 1 unspecified atom stereocenters. The Bertz CT molecular complexity index is 1110. The van der Waals surface area contributed by atoms with Gasteiger partial charge in [-0.2, -0.15) is 12.6 Å². The van der Waals surface area contributed by atoms with E-state index in [0.29, 0.717) is 12.2 Å². The fourth-order valence-electron chi connectivity index (χ4n) is 3.73. The van der Waals surface area contributed by atoms with Crippen LogP contribution in [-0.4, -0.2) is 33.2 Å². The number of rotatable bonds is 4. The van der Waals surface area contributed by atoms with E-state index in [2.05, 4.69) is 22.3 Å². The molecule has 2 heterocycles. The summed E-state index contributed by atoms with van der Waals surface area (Å²) in [5, 5.41) is 0.443. The van der Waals surface area contributed by atoms with Crippen molar-refractivity contribution in [2.45, 2.75) is 37.7 Å². The van der Waals surface area contributed by atoms with Crippen molar-refractivity contribution in [3.8, 4) is 5.75 Å². The first-order valence-corrected chi connectivity index (χ1v) is 10.1. The lowest BCUT2D eigenvalue weighted by molar-refractivity contribution is -0.274. The molecule has 162 valence electrons. The summed E-state index contributed by atoms with van der Waals surface area (Å²) >= 11 is 4.67. The second-order valence-electron chi connectivity index (χ2n) is 7.79. The molecule has 2 amide bonds. The minimum Gasteiger partial charge on any atom is -0.406 e. The highest BCUT2D eigenvalue weighted by atomic mass is 32.1. The summed E-state index contributed by atoms with van der Waals surface area (Å²) in [4.78, 5) is 20.9. The average Bonchev–Trinajstić information content (AvgIpc) is 2.87. The van der Waals surface area contributed by atoms with Crippen LogP contribution in [0.5, 0.6) is 5.75 Å². The van der Waals surface area contributed by atoms with Gasteiger partial charge in [0.1, 0.15) is 11.1 Å². The van der Waals surface area contributed by atoms with Crippen molar-refractivity contribution in [1.29, 1.82) is 0 Å². The van der Waals surface area contributed by atoms with E-state index in [1.807, 2.05) is 44.2 Å². The van der Waals surface area contributed by atoms with Gasteiger partial charge in [-0.25, -0.2) is 4.79 Å². The monoisotopic (exact) mass is 447 g/mol. The molecule has 0 radical (unpaired) electrons. The molecule has 2 aromatic carbocycles. The summed E-state index contributed by atoms with van der Waals surface area (Å²) in [7, 11) is 0. The van der Waals surface area contributed by atoms with Crippen molar-refractivity contribution < 1.29 is 22.7 Å². The summed E-state index contributed by atoms with van der Waals surface area (Å²) in [5.74, 6) is -0.349. The number of amides is 2. The van der Waals surface area contributed by atoms with Crippen molar-refractivity contribution in [1.82, 2.24) is 9.88 Å². The topological polar surface area (TPSA) is 45.7 Å². The second kappa shape index (κ2) is 7.64. The van der Waals surface area contributed by atoms with Crippen LogP contribution in [0.4, 0.5) is 23.7 Å². The van der Waals surface area contributed by atoms with Crippen LogP contribution in [-0.2, 0) is 6.54 Å². The van der Waals surface area contributed by atoms with Crippen LogP contribution in [0.25, 0.3) is 10.9 Å². The number of carbonyl (C=O) groups is 1. The van der Waals surface area contributed by atoms with Crippen LogP contribution in [0.1, 0.15) is 19.4 Å². The lowest BCUT2D eigenvalue weighted by Gasteiger charge is -2.32. The molecule has 4 rings (SSSR count). The van der Waals surface area contributed by atoms with Gasteiger partial charge in [0.25, 0.3) is 0 Å². The number of aromatic nitrogens is 1. The lowest BCUT2D eigenvalue weighted by Crippen LogP contribution is -2.44. The molecule has 31 heavy (non-hydrogen) atoms. The predicted octanol–water partition coefficient (Wildman–Crippen LogP) is 5.61. The number of thiol groups is 1. The third-order valence-corrected chi connectivity index (χ3v) is 6.29. The molecule has 0 N–H and O–H groups in total. The number of nitrogens with zero attached hydrogens (tertiary/aromatic N) is 3. The Balaban J connectivity index is 1.63. The van der Waals surface area contributed by atoms with E-state index in [9.17, 15) is 18.0 Å². The number of hydrogen-bond acceptors (Lipinski definition) is 4. The Kier molecular flexibility index (Phi) is 5.25. The van der Waals surface area contributed by atoms with Crippen molar-refractivity contribution in [3.63, 3.8) is 0 Å². The van der Waals surface area contributed by atoms with Gasteiger partial charge >= 0.3 is 12.4 Å². The summed E-state index contributed by atoms with van der Waals surface area (Å²) in [6.07, 6.45) is -3.07. The maximum Gasteiger partial charge on any atom is 0.573 e. The summed E-state index contributed by atoms with van der Waals surface area (Å²) < 4.78 is 41.2. The Labute approximate surface area is 182 Å². The van der Waals surface area contributed by atoms with E-state index < -0.39 is 17.3 Å². The zero-order chi connectivity index (χ0) is 22.4. The number of benzene rings is 2. The first-order chi connectivity index (χ1) is 14.6. The van der Waals surface area contributed by atoms with Crippen molar-refractivity contribution >= 4 is 35.3 Å². The number of alkyl halides is 3. The number of urea groups is 1. The number of para-hydroxylation sites is 1. The van der Waals surface area contributed by atoms with Gasteiger partial charge in [0, 0.05) is 23.8 Å². The van der Waals surface area contributed by atoms with Crippen LogP contribution in [0.15, 0.2) is 60.8 Å². The molecule has 5 nitrogen and oxygen atoms in total. The largest absolute Gasteiger partial charge is 0.573 e. The van der Waals surface area contributed by atoms with Crippen molar-refractivity contribution in [2.24, 2.45) is 0 Å². The molecular formula is C22H20F3N3O2S. The number of anilines is 1. The quantitative estimate of drug-likeness (QED) is 0.529. The van der Waals surface area contributed by atoms with Gasteiger partial charge < -0.3 is 9.64 Å². The van der Waals surface area contributed by atoms with Gasteiger partial charge in [-0.15, -0.1) is 13.2 Å². The zero-order valence-corrected chi connectivity index (χ0v) is 17.7. The SMILES string of the molecule is CC1(C)C(S)N(c2ccc(OC(F)(F)F)cc2)C(=O)N1Cc1ccnc2ccccc12. The van der Waals surface area contributed by atoms with Gasteiger partial charge in [-0.1, -0.05) is 18.2 Å². The van der Waals surface area contributed by atoms with E-state index in [1.165, 1.54) is 29.2 Å². The Morgan fingerprint density at radius 1 is 1.10 bits per heavy atom. The molecule has 1 aromatic heterocycles. The molecule has 1 atom stereocenters. The number of halogens is 3. The zero-order valence-electron chi connectivity index (χ0n) is 16.8. The smallest absolute Gasteiger partial charge is 0.406 e. The third-order valence-electron chi connectivity index (χ3n) is 5.43. The number of fused-ring (bicyclic) bond motifs is 1. The van der Waals surface area contributed by atoms with Crippen LogP contribution in [0.2, 0.25) is 0 Å². The van der Waals surface area contributed by atoms with E-state index in [-0.39, 0.29) is 11.8 Å². The fraction of sp³-hybridized carbons (Fsp3) is 0.273. The van der Waals surface area contributed by atoms with Gasteiger partial charge in [0.2, 0.25) is 0 Å². The van der Waals surface area contributed by atoms with Crippen LogP contribution in [0, 0.1) is 0 Å². The standard InChI is InChI=1S/C22H20F3N3O2S/c1-21(2)19(31)28(15-7-9-16(10-8-15)30-22(23,24)25)20(29)27(21)13-14-11-12-26-18-6-4-3-5-17(14)18/h3-12,19,31H,13H2,1-2H3. The highest BCUT2D eigenvalue weighted by Crippen LogP contribution is 2.40. The van der Waals surface area contributed by atoms with Gasteiger partial charge in [-0.05, 0) is 55.8 Å². The molecule has 3 aromatic rings. The minimum absolute atomic E-state index is 0.282. The molecule has 1 saturated heterocycles. The maximum absolute atomic E-state index is 13.4. The highest BCUT2D eigenvalue weighted by Gasteiger charge is 2.50. The minimum atomic E-state index is -4.77. The van der Waals surface area contributed by atoms with Gasteiger partial charge in [-0.3, -0.25) is 9.88 Å². The Hall–Kier alpha value is -2.94. The Morgan fingerprint density at radius 2 is 1.77 bits per heavy atom. The molecular weight excluding hydrogens is 427 g/mol. The van der Waals surface area contributed by atoms with Crippen molar-refractivity contribution in [3.05, 3.63) is 66.4 Å².